The van der Waals surface area contributed by atoms with Crippen molar-refractivity contribution < 1.29 is 18.3 Å². The third-order valence-electron chi connectivity index (χ3n) is 4.64. The maximum absolute atomic E-state index is 12.7. The first-order valence-corrected chi connectivity index (χ1v) is 8.98. The summed E-state index contributed by atoms with van der Waals surface area (Å²) in [4.78, 5) is 16.6. The molecule has 0 unspecified atom stereocenters. The van der Waals surface area contributed by atoms with E-state index in [1.54, 1.807) is 28.8 Å². The van der Waals surface area contributed by atoms with Crippen molar-refractivity contribution in [2.45, 2.75) is 20.1 Å². The van der Waals surface area contributed by atoms with Gasteiger partial charge in [0.15, 0.2) is 0 Å². The predicted octanol–water partition coefficient (Wildman–Crippen LogP) is 2.94. The van der Waals surface area contributed by atoms with Crippen molar-refractivity contribution in [3.8, 4) is 5.75 Å². The highest BCUT2D eigenvalue weighted by Crippen LogP contribution is 2.24. The van der Waals surface area contributed by atoms with Gasteiger partial charge in [-0.05, 0) is 19.1 Å². The van der Waals surface area contributed by atoms with Gasteiger partial charge in [-0.1, -0.05) is 23.7 Å². The second-order valence-electron chi connectivity index (χ2n) is 6.42. The average Bonchev–Trinajstić information content (AvgIpc) is 2.88. The molecule has 1 aromatic heterocycles. The molecule has 1 aromatic carbocycles. The molecule has 2 aromatic rings. The van der Waals surface area contributed by atoms with Crippen LogP contribution in [0.1, 0.15) is 21.6 Å². The van der Waals surface area contributed by atoms with Crippen LogP contribution in [0.4, 0.5) is 8.78 Å². The van der Waals surface area contributed by atoms with E-state index in [0.717, 1.165) is 11.3 Å². The van der Waals surface area contributed by atoms with Gasteiger partial charge in [-0.25, -0.2) is 0 Å². The van der Waals surface area contributed by atoms with E-state index in [1.807, 2.05) is 6.92 Å². The minimum Gasteiger partial charge on any atom is -0.434 e. The van der Waals surface area contributed by atoms with E-state index in [1.165, 1.54) is 12.1 Å². The fraction of sp³-hybridized carbons (Fsp3) is 0.444. The molecule has 1 saturated heterocycles. The van der Waals surface area contributed by atoms with Gasteiger partial charge in [0.25, 0.3) is 5.91 Å². The fourth-order valence-electron chi connectivity index (χ4n) is 3.20. The Labute approximate surface area is 161 Å². The molecule has 0 spiro atoms. The minimum atomic E-state index is -2.97. The first kappa shape index (κ1) is 19.6. The lowest BCUT2D eigenvalue weighted by atomic mass is 10.1. The van der Waals surface area contributed by atoms with Crippen LogP contribution in [-0.2, 0) is 13.6 Å². The second-order valence-corrected chi connectivity index (χ2v) is 6.78. The molecule has 146 valence electrons. The van der Waals surface area contributed by atoms with Crippen LogP contribution in [0.25, 0.3) is 0 Å². The highest BCUT2D eigenvalue weighted by atomic mass is 35.5. The molecule has 0 radical (unpaired) electrons. The molecule has 0 saturated carbocycles. The molecule has 0 N–H and O–H groups in total. The van der Waals surface area contributed by atoms with E-state index >= 15 is 0 Å². The number of carbonyl (C=O) groups is 1. The number of benzene rings is 1. The summed E-state index contributed by atoms with van der Waals surface area (Å²) in [6, 6.07) is 6.08. The maximum Gasteiger partial charge on any atom is 0.387 e. The van der Waals surface area contributed by atoms with Gasteiger partial charge in [-0.15, -0.1) is 0 Å². The summed E-state index contributed by atoms with van der Waals surface area (Å²) in [6.45, 7) is 1.93. The Morgan fingerprint density at radius 2 is 1.93 bits per heavy atom. The number of aromatic nitrogens is 2. The number of alkyl halides is 2. The molecular formula is C18H21ClF2N4O2. The molecule has 1 aliphatic rings. The van der Waals surface area contributed by atoms with Gasteiger partial charge in [0.1, 0.15) is 10.9 Å². The van der Waals surface area contributed by atoms with E-state index in [4.69, 9.17) is 11.6 Å². The smallest absolute Gasteiger partial charge is 0.387 e. The highest BCUT2D eigenvalue weighted by Gasteiger charge is 2.26. The summed E-state index contributed by atoms with van der Waals surface area (Å²) in [5.41, 5.74) is 2.02. The van der Waals surface area contributed by atoms with Gasteiger partial charge in [-0.2, -0.15) is 13.9 Å². The number of para-hydroxylation sites is 1. The van der Waals surface area contributed by atoms with Crippen molar-refractivity contribution in [2.24, 2.45) is 7.05 Å². The lowest BCUT2D eigenvalue weighted by Crippen LogP contribution is -2.48. The van der Waals surface area contributed by atoms with E-state index in [2.05, 4.69) is 14.7 Å². The molecule has 3 rings (SSSR count). The van der Waals surface area contributed by atoms with Crippen molar-refractivity contribution in [1.29, 1.82) is 0 Å². The SMILES string of the molecule is Cc1nn(C)c(Cl)c1CN1CCN(C(=O)c2ccccc2OC(F)F)CC1. The lowest BCUT2D eigenvalue weighted by molar-refractivity contribution is -0.0503. The van der Waals surface area contributed by atoms with Crippen LogP contribution in [0, 0.1) is 6.92 Å². The van der Waals surface area contributed by atoms with E-state index in [0.29, 0.717) is 37.9 Å². The molecular weight excluding hydrogens is 378 g/mol. The Hall–Kier alpha value is -2.19. The number of piperazine rings is 1. The number of halogens is 3. The van der Waals surface area contributed by atoms with Gasteiger partial charge in [0.05, 0.1) is 11.3 Å². The Morgan fingerprint density at radius 3 is 2.52 bits per heavy atom. The van der Waals surface area contributed by atoms with Crippen LogP contribution in [0.2, 0.25) is 5.15 Å². The zero-order valence-corrected chi connectivity index (χ0v) is 15.9. The Morgan fingerprint density at radius 1 is 1.26 bits per heavy atom. The van der Waals surface area contributed by atoms with Gasteiger partial charge < -0.3 is 9.64 Å². The standard InChI is InChI=1S/C18H21ClF2N4O2/c1-12-14(16(19)23(2)22-12)11-24-7-9-25(10-8-24)17(26)13-5-3-4-6-15(13)27-18(20)21/h3-6,18H,7-11H2,1-2H3. The third-order valence-corrected chi connectivity index (χ3v) is 5.12. The Balaban J connectivity index is 1.63. The van der Waals surface area contributed by atoms with Crippen LogP contribution in [0.15, 0.2) is 24.3 Å². The second kappa shape index (κ2) is 8.22. The molecule has 1 fully saturated rings. The van der Waals surface area contributed by atoms with Crippen LogP contribution >= 0.6 is 11.6 Å². The lowest BCUT2D eigenvalue weighted by Gasteiger charge is -2.35. The topological polar surface area (TPSA) is 50.6 Å². The number of hydrogen-bond acceptors (Lipinski definition) is 4. The minimum absolute atomic E-state index is 0.0994. The Kier molecular flexibility index (Phi) is 5.96. The molecule has 1 amide bonds. The van der Waals surface area contributed by atoms with Crippen LogP contribution < -0.4 is 4.74 Å². The third kappa shape index (κ3) is 4.39. The molecule has 6 nitrogen and oxygen atoms in total. The van der Waals surface area contributed by atoms with E-state index in [9.17, 15) is 13.6 Å². The summed E-state index contributed by atoms with van der Waals surface area (Å²) >= 11 is 6.29. The number of nitrogens with zero attached hydrogens (tertiary/aromatic N) is 4. The van der Waals surface area contributed by atoms with Gasteiger partial charge in [0, 0.05) is 45.3 Å². The number of aryl methyl sites for hydroxylation is 2. The number of amides is 1. The zero-order chi connectivity index (χ0) is 19.6. The van der Waals surface area contributed by atoms with E-state index < -0.39 is 6.61 Å². The monoisotopic (exact) mass is 398 g/mol. The van der Waals surface area contributed by atoms with Crippen LogP contribution in [0.5, 0.6) is 5.75 Å². The predicted molar refractivity (Wildman–Crippen MR) is 97.2 cm³/mol. The largest absolute Gasteiger partial charge is 0.434 e. The van der Waals surface area contributed by atoms with Crippen molar-refractivity contribution >= 4 is 17.5 Å². The van der Waals surface area contributed by atoms with E-state index in [-0.39, 0.29) is 17.2 Å². The van der Waals surface area contributed by atoms with Crippen LogP contribution in [0.3, 0.4) is 0 Å². The summed E-state index contributed by atoms with van der Waals surface area (Å²) in [6.07, 6.45) is 0. The number of ether oxygens (including phenoxy) is 1. The van der Waals surface area contributed by atoms with Crippen molar-refractivity contribution in [3.63, 3.8) is 0 Å². The molecule has 0 bridgehead atoms. The quantitative estimate of drug-likeness (QED) is 0.777. The molecule has 27 heavy (non-hydrogen) atoms. The van der Waals surface area contributed by atoms with Crippen LogP contribution in [-0.4, -0.2) is 58.3 Å². The normalized spacial score (nSPS) is 15.4. The van der Waals surface area contributed by atoms with Crippen molar-refractivity contribution in [1.82, 2.24) is 19.6 Å². The first-order chi connectivity index (χ1) is 12.9. The molecule has 1 aliphatic heterocycles. The maximum atomic E-state index is 12.7. The summed E-state index contributed by atoms with van der Waals surface area (Å²) < 4.78 is 31.2. The highest BCUT2D eigenvalue weighted by molar-refractivity contribution is 6.30. The molecule has 9 heteroatoms. The Bertz CT molecular complexity index is 820. The number of rotatable bonds is 5. The molecule has 0 atom stereocenters. The zero-order valence-electron chi connectivity index (χ0n) is 15.2. The van der Waals surface area contributed by atoms with Gasteiger partial charge in [0.2, 0.25) is 0 Å². The summed E-state index contributed by atoms with van der Waals surface area (Å²) in [5.74, 6) is -0.404. The van der Waals surface area contributed by atoms with Crippen molar-refractivity contribution in [3.05, 3.63) is 46.2 Å². The number of hydrogen-bond donors (Lipinski definition) is 0. The summed E-state index contributed by atoms with van der Waals surface area (Å²) in [5, 5.41) is 4.93. The number of carbonyl (C=O) groups excluding carboxylic acids is 1. The average molecular weight is 399 g/mol. The first-order valence-electron chi connectivity index (χ1n) is 8.60. The molecule has 2 heterocycles. The molecule has 0 aliphatic carbocycles. The van der Waals surface area contributed by atoms with Gasteiger partial charge >= 0.3 is 6.61 Å². The fourth-order valence-corrected chi connectivity index (χ4v) is 3.43. The summed E-state index contributed by atoms with van der Waals surface area (Å²) in [7, 11) is 1.80. The van der Waals surface area contributed by atoms with Crippen molar-refractivity contribution in [2.75, 3.05) is 26.2 Å². The van der Waals surface area contributed by atoms with Gasteiger partial charge in [-0.3, -0.25) is 14.4 Å².